The molecule has 2 aromatic heterocycles. The van der Waals surface area contributed by atoms with Crippen LogP contribution in [-0.2, 0) is 0 Å². The van der Waals surface area contributed by atoms with E-state index >= 15 is 0 Å². The first-order valence-corrected chi connectivity index (χ1v) is 7.89. The summed E-state index contributed by atoms with van der Waals surface area (Å²) in [7, 11) is 1.59. The molecule has 0 unspecified atom stereocenters. The lowest BCUT2D eigenvalue weighted by molar-refractivity contribution is 0.419. The fourth-order valence-electron chi connectivity index (χ4n) is 2.26. The molecule has 6 heteroatoms. The van der Waals surface area contributed by atoms with Gasteiger partial charge in [-0.1, -0.05) is 6.07 Å². The fourth-order valence-corrected chi connectivity index (χ4v) is 3.12. The van der Waals surface area contributed by atoms with Crippen LogP contribution in [0.15, 0.2) is 34.4 Å². The van der Waals surface area contributed by atoms with Gasteiger partial charge in [-0.05, 0) is 26.0 Å². The molecule has 3 aromatic rings. The summed E-state index contributed by atoms with van der Waals surface area (Å²) >= 11 is 1.52. The second kappa shape index (κ2) is 5.81. The quantitative estimate of drug-likeness (QED) is 0.773. The van der Waals surface area contributed by atoms with Crippen molar-refractivity contribution in [2.45, 2.75) is 19.9 Å². The van der Waals surface area contributed by atoms with E-state index < -0.39 is 0 Å². The fraction of sp³-hybridized carbons (Fsp3) is 0.250. The SMILES string of the molecule is COc1cccc2c(=O)cc(-c3csc(NC(C)C)n3)[nH]c12. The Hall–Kier alpha value is -2.34. The normalized spacial score (nSPS) is 11.1. The third kappa shape index (κ3) is 2.69. The van der Waals surface area contributed by atoms with Crippen LogP contribution in [0.3, 0.4) is 0 Å². The largest absolute Gasteiger partial charge is 0.495 e. The van der Waals surface area contributed by atoms with Crippen LogP contribution in [0.4, 0.5) is 5.13 Å². The van der Waals surface area contributed by atoms with Gasteiger partial charge in [-0.25, -0.2) is 4.98 Å². The van der Waals surface area contributed by atoms with Gasteiger partial charge in [-0.15, -0.1) is 11.3 Å². The number of nitrogens with zero attached hydrogens (tertiary/aromatic N) is 1. The van der Waals surface area contributed by atoms with Gasteiger partial charge in [0.05, 0.1) is 24.0 Å². The molecule has 0 bridgehead atoms. The molecule has 114 valence electrons. The number of anilines is 1. The summed E-state index contributed by atoms with van der Waals surface area (Å²) in [6.45, 7) is 4.12. The van der Waals surface area contributed by atoms with E-state index in [4.69, 9.17) is 4.74 Å². The molecule has 0 aliphatic carbocycles. The lowest BCUT2D eigenvalue weighted by atomic mass is 10.1. The zero-order valence-electron chi connectivity index (χ0n) is 12.6. The van der Waals surface area contributed by atoms with Gasteiger partial charge in [0.25, 0.3) is 0 Å². The van der Waals surface area contributed by atoms with Crippen LogP contribution in [0.5, 0.6) is 5.75 Å². The van der Waals surface area contributed by atoms with Crippen molar-refractivity contribution in [1.29, 1.82) is 0 Å². The number of hydrogen-bond donors (Lipinski definition) is 2. The lowest BCUT2D eigenvalue weighted by Gasteiger charge is -2.07. The second-order valence-electron chi connectivity index (χ2n) is 5.27. The zero-order chi connectivity index (χ0) is 15.7. The molecule has 2 heterocycles. The minimum absolute atomic E-state index is 0.0472. The van der Waals surface area contributed by atoms with Crippen LogP contribution in [0.2, 0.25) is 0 Å². The highest BCUT2D eigenvalue weighted by Crippen LogP contribution is 2.27. The van der Waals surface area contributed by atoms with E-state index in [1.165, 1.54) is 11.3 Å². The van der Waals surface area contributed by atoms with Gasteiger partial charge in [0.2, 0.25) is 0 Å². The van der Waals surface area contributed by atoms with E-state index in [-0.39, 0.29) is 5.43 Å². The van der Waals surface area contributed by atoms with Crippen molar-refractivity contribution in [2.75, 3.05) is 12.4 Å². The van der Waals surface area contributed by atoms with Gasteiger partial charge >= 0.3 is 0 Å². The van der Waals surface area contributed by atoms with Crippen molar-refractivity contribution in [1.82, 2.24) is 9.97 Å². The molecular weight excluding hydrogens is 298 g/mol. The summed E-state index contributed by atoms with van der Waals surface area (Å²) in [5, 5.41) is 6.64. The van der Waals surface area contributed by atoms with E-state index in [0.717, 1.165) is 10.8 Å². The smallest absolute Gasteiger partial charge is 0.190 e. The summed E-state index contributed by atoms with van der Waals surface area (Å²) < 4.78 is 5.33. The number of thiazole rings is 1. The molecule has 22 heavy (non-hydrogen) atoms. The molecule has 0 atom stereocenters. The number of ether oxygens (including phenoxy) is 1. The lowest BCUT2D eigenvalue weighted by Crippen LogP contribution is -2.09. The van der Waals surface area contributed by atoms with Crippen molar-refractivity contribution in [3.05, 3.63) is 39.9 Å². The first kappa shape index (κ1) is 14.6. The Morgan fingerprint density at radius 2 is 2.18 bits per heavy atom. The molecule has 2 N–H and O–H groups in total. The summed E-state index contributed by atoms with van der Waals surface area (Å²) in [6, 6.07) is 7.32. The Labute approximate surface area is 132 Å². The standard InChI is InChI=1S/C16H17N3O2S/c1-9(2)17-16-19-12(8-22-16)11-7-13(20)10-5-4-6-14(21-3)15(10)18-11/h4-9H,1-3H3,(H,17,19)(H,18,20). The number of aromatic nitrogens is 2. The number of para-hydroxylation sites is 1. The number of aromatic amines is 1. The van der Waals surface area contributed by atoms with Crippen LogP contribution in [-0.4, -0.2) is 23.1 Å². The minimum Gasteiger partial charge on any atom is -0.495 e. The Kier molecular flexibility index (Phi) is 3.85. The number of pyridine rings is 1. The van der Waals surface area contributed by atoms with Gasteiger partial charge < -0.3 is 15.0 Å². The highest BCUT2D eigenvalue weighted by Gasteiger charge is 2.11. The third-order valence-corrected chi connectivity index (χ3v) is 4.01. The molecule has 0 spiro atoms. The van der Waals surface area contributed by atoms with Crippen LogP contribution in [0, 0.1) is 0 Å². The molecule has 0 aliphatic heterocycles. The van der Waals surface area contributed by atoms with Crippen molar-refractivity contribution in [3.8, 4) is 17.1 Å². The number of H-pyrrole nitrogens is 1. The van der Waals surface area contributed by atoms with Crippen LogP contribution in [0.25, 0.3) is 22.3 Å². The topological polar surface area (TPSA) is 67.0 Å². The average molecular weight is 315 g/mol. The summed E-state index contributed by atoms with van der Waals surface area (Å²) in [5.41, 5.74) is 2.08. The minimum atomic E-state index is -0.0472. The van der Waals surface area contributed by atoms with Crippen molar-refractivity contribution >= 4 is 27.4 Å². The number of rotatable bonds is 4. The predicted molar refractivity (Wildman–Crippen MR) is 91.0 cm³/mol. The zero-order valence-corrected chi connectivity index (χ0v) is 13.5. The molecule has 0 amide bonds. The maximum atomic E-state index is 12.3. The molecule has 0 saturated carbocycles. The molecule has 0 radical (unpaired) electrons. The maximum Gasteiger partial charge on any atom is 0.190 e. The molecule has 1 aromatic carbocycles. The number of methoxy groups -OCH3 is 1. The van der Waals surface area contributed by atoms with E-state index in [1.807, 2.05) is 17.5 Å². The second-order valence-corrected chi connectivity index (χ2v) is 6.13. The monoisotopic (exact) mass is 315 g/mol. The van der Waals surface area contributed by atoms with E-state index in [2.05, 4.69) is 29.1 Å². The Bertz CT molecular complexity index is 867. The summed E-state index contributed by atoms with van der Waals surface area (Å²) in [6.07, 6.45) is 0. The van der Waals surface area contributed by atoms with Crippen LogP contribution in [0.1, 0.15) is 13.8 Å². The Morgan fingerprint density at radius 1 is 1.36 bits per heavy atom. The summed E-state index contributed by atoms with van der Waals surface area (Å²) in [4.78, 5) is 20.1. The highest BCUT2D eigenvalue weighted by atomic mass is 32.1. The Balaban J connectivity index is 2.11. The van der Waals surface area contributed by atoms with E-state index in [9.17, 15) is 4.79 Å². The molecule has 0 saturated heterocycles. The van der Waals surface area contributed by atoms with Gasteiger partial charge in [-0.3, -0.25) is 4.79 Å². The number of fused-ring (bicyclic) bond motifs is 1. The molecule has 3 rings (SSSR count). The number of hydrogen-bond acceptors (Lipinski definition) is 5. The first-order valence-electron chi connectivity index (χ1n) is 7.01. The number of benzene rings is 1. The van der Waals surface area contributed by atoms with Gasteiger partial charge in [0.15, 0.2) is 10.6 Å². The van der Waals surface area contributed by atoms with Crippen LogP contribution < -0.4 is 15.5 Å². The van der Waals surface area contributed by atoms with Crippen molar-refractivity contribution in [2.24, 2.45) is 0 Å². The molecule has 5 nitrogen and oxygen atoms in total. The maximum absolute atomic E-state index is 12.3. The molecule has 0 fully saturated rings. The first-order chi connectivity index (χ1) is 10.6. The van der Waals surface area contributed by atoms with E-state index in [1.54, 1.807) is 19.2 Å². The van der Waals surface area contributed by atoms with Gasteiger partial charge in [0.1, 0.15) is 5.75 Å². The van der Waals surface area contributed by atoms with Crippen molar-refractivity contribution < 1.29 is 4.74 Å². The van der Waals surface area contributed by atoms with Gasteiger partial charge in [0, 0.05) is 22.9 Å². The van der Waals surface area contributed by atoms with Crippen molar-refractivity contribution in [3.63, 3.8) is 0 Å². The van der Waals surface area contributed by atoms with Gasteiger partial charge in [-0.2, -0.15) is 0 Å². The van der Waals surface area contributed by atoms with Crippen LogP contribution >= 0.6 is 11.3 Å². The summed E-state index contributed by atoms with van der Waals surface area (Å²) in [5.74, 6) is 0.646. The average Bonchev–Trinajstić information content (AvgIpc) is 2.94. The third-order valence-electron chi connectivity index (χ3n) is 3.24. The molecule has 0 aliphatic rings. The molecular formula is C16H17N3O2S. The highest BCUT2D eigenvalue weighted by molar-refractivity contribution is 7.14. The van der Waals surface area contributed by atoms with E-state index in [0.29, 0.717) is 28.4 Å². The Morgan fingerprint density at radius 3 is 2.91 bits per heavy atom. The number of nitrogens with one attached hydrogen (secondary N) is 2. The predicted octanol–water partition coefficient (Wildman–Crippen LogP) is 3.48.